The SMILES string of the molecule is CN=C(NCCCCSC)NCCc1ccc(OC)cc1.I. The van der Waals surface area contributed by atoms with Crippen LogP contribution in [-0.2, 0) is 6.42 Å². The molecule has 4 nitrogen and oxygen atoms in total. The number of ether oxygens (including phenoxy) is 1. The van der Waals surface area contributed by atoms with Crippen LogP contribution in [-0.4, -0.2) is 45.2 Å². The van der Waals surface area contributed by atoms with Crippen molar-refractivity contribution >= 4 is 41.7 Å². The maximum absolute atomic E-state index is 5.16. The van der Waals surface area contributed by atoms with Gasteiger partial charge in [-0.15, -0.1) is 24.0 Å². The minimum absolute atomic E-state index is 0. The average molecular weight is 437 g/mol. The van der Waals surface area contributed by atoms with Crippen LogP contribution in [0.1, 0.15) is 18.4 Å². The summed E-state index contributed by atoms with van der Waals surface area (Å²) < 4.78 is 5.16. The van der Waals surface area contributed by atoms with Gasteiger partial charge in [-0.2, -0.15) is 11.8 Å². The second kappa shape index (κ2) is 14.0. The quantitative estimate of drug-likeness (QED) is 0.270. The van der Waals surface area contributed by atoms with E-state index in [4.69, 9.17) is 4.74 Å². The van der Waals surface area contributed by atoms with E-state index in [0.717, 1.165) is 31.2 Å². The lowest BCUT2D eigenvalue weighted by Crippen LogP contribution is -2.38. The highest BCUT2D eigenvalue weighted by Crippen LogP contribution is 2.11. The Morgan fingerprint density at radius 2 is 1.82 bits per heavy atom. The van der Waals surface area contributed by atoms with E-state index in [9.17, 15) is 0 Å². The predicted octanol–water partition coefficient (Wildman–Crippen LogP) is 3.16. The van der Waals surface area contributed by atoms with Gasteiger partial charge in [-0.25, -0.2) is 0 Å². The summed E-state index contributed by atoms with van der Waals surface area (Å²) in [5, 5.41) is 6.68. The summed E-state index contributed by atoms with van der Waals surface area (Å²) in [5.41, 5.74) is 1.29. The minimum atomic E-state index is 0. The van der Waals surface area contributed by atoms with Crippen LogP contribution in [0.3, 0.4) is 0 Å². The Bertz CT molecular complexity index is 412. The molecule has 22 heavy (non-hydrogen) atoms. The van der Waals surface area contributed by atoms with Gasteiger partial charge in [0.05, 0.1) is 7.11 Å². The standard InChI is InChI=1S/C16H27N3OS.HI/c1-17-16(18-11-4-5-13-21-3)19-12-10-14-6-8-15(20-2)9-7-14;/h6-9H,4-5,10-13H2,1-3H3,(H2,17,18,19);1H. The van der Waals surface area contributed by atoms with Crippen molar-refractivity contribution in [1.29, 1.82) is 0 Å². The van der Waals surface area contributed by atoms with Gasteiger partial charge in [0, 0.05) is 20.1 Å². The Kier molecular flexibility index (Phi) is 13.6. The molecule has 1 aromatic rings. The number of benzene rings is 1. The first-order chi connectivity index (χ1) is 10.3. The number of thioether (sulfide) groups is 1. The van der Waals surface area contributed by atoms with E-state index in [0.29, 0.717) is 0 Å². The molecule has 0 heterocycles. The van der Waals surface area contributed by atoms with Crippen LogP contribution in [0.5, 0.6) is 5.75 Å². The highest BCUT2D eigenvalue weighted by atomic mass is 127. The summed E-state index contributed by atoms with van der Waals surface area (Å²) in [6.07, 6.45) is 5.54. The monoisotopic (exact) mass is 437 g/mol. The zero-order valence-electron chi connectivity index (χ0n) is 13.7. The smallest absolute Gasteiger partial charge is 0.190 e. The number of nitrogens with zero attached hydrogens (tertiary/aromatic N) is 1. The minimum Gasteiger partial charge on any atom is -0.497 e. The molecular formula is C16H28IN3OS. The predicted molar refractivity (Wildman–Crippen MR) is 109 cm³/mol. The number of guanidine groups is 1. The molecule has 0 fully saturated rings. The zero-order chi connectivity index (χ0) is 15.3. The van der Waals surface area contributed by atoms with Crippen LogP contribution in [0, 0.1) is 0 Å². The summed E-state index contributed by atoms with van der Waals surface area (Å²) in [6.45, 7) is 1.85. The van der Waals surface area contributed by atoms with E-state index in [1.807, 2.05) is 30.9 Å². The first kappa shape index (κ1) is 21.4. The third-order valence-electron chi connectivity index (χ3n) is 3.16. The fraction of sp³-hybridized carbons (Fsp3) is 0.562. The number of unbranched alkanes of at least 4 members (excludes halogenated alkanes) is 1. The number of halogens is 1. The summed E-state index contributed by atoms with van der Waals surface area (Å²) in [6, 6.07) is 8.18. The highest BCUT2D eigenvalue weighted by molar-refractivity contribution is 14.0. The largest absolute Gasteiger partial charge is 0.497 e. The Balaban J connectivity index is 0.00000441. The number of nitrogens with one attached hydrogen (secondary N) is 2. The maximum Gasteiger partial charge on any atom is 0.190 e. The molecule has 0 aliphatic rings. The van der Waals surface area contributed by atoms with Crippen molar-refractivity contribution in [2.75, 3.05) is 39.3 Å². The molecule has 0 aliphatic carbocycles. The summed E-state index contributed by atoms with van der Waals surface area (Å²) in [7, 11) is 3.50. The van der Waals surface area contributed by atoms with Crippen molar-refractivity contribution in [2.45, 2.75) is 19.3 Å². The second-order valence-electron chi connectivity index (χ2n) is 4.72. The van der Waals surface area contributed by atoms with E-state index in [-0.39, 0.29) is 24.0 Å². The Labute approximate surface area is 155 Å². The topological polar surface area (TPSA) is 45.7 Å². The molecule has 1 rings (SSSR count). The molecule has 2 N–H and O–H groups in total. The van der Waals surface area contributed by atoms with Crippen molar-refractivity contribution in [2.24, 2.45) is 4.99 Å². The molecule has 0 bridgehead atoms. The van der Waals surface area contributed by atoms with Crippen LogP contribution < -0.4 is 15.4 Å². The Morgan fingerprint density at radius 3 is 2.41 bits per heavy atom. The lowest BCUT2D eigenvalue weighted by Gasteiger charge is -2.12. The molecule has 0 amide bonds. The van der Waals surface area contributed by atoms with Crippen molar-refractivity contribution in [3.8, 4) is 5.75 Å². The fourth-order valence-corrected chi connectivity index (χ4v) is 2.41. The molecule has 0 spiro atoms. The molecule has 126 valence electrons. The normalized spacial score (nSPS) is 10.8. The zero-order valence-corrected chi connectivity index (χ0v) is 16.9. The van der Waals surface area contributed by atoms with Gasteiger partial charge in [0.25, 0.3) is 0 Å². The molecule has 0 atom stereocenters. The molecular weight excluding hydrogens is 409 g/mol. The van der Waals surface area contributed by atoms with Crippen LogP contribution in [0.2, 0.25) is 0 Å². The van der Waals surface area contributed by atoms with Crippen molar-refractivity contribution < 1.29 is 4.74 Å². The van der Waals surface area contributed by atoms with E-state index >= 15 is 0 Å². The van der Waals surface area contributed by atoms with Crippen LogP contribution in [0.25, 0.3) is 0 Å². The average Bonchev–Trinajstić information content (AvgIpc) is 2.53. The van der Waals surface area contributed by atoms with Crippen LogP contribution in [0.4, 0.5) is 0 Å². The number of hydrogen-bond donors (Lipinski definition) is 2. The lowest BCUT2D eigenvalue weighted by molar-refractivity contribution is 0.414. The molecule has 0 saturated heterocycles. The Hall–Kier alpha value is -0.630. The molecule has 0 aliphatic heterocycles. The molecule has 0 saturated carbocycles. The van der Waals surface area contributed by atoms with E-state index < -0.39 is 0 Å². The van der Waals surface area contributed by atoms with Gasteiger partial charge < -0.3 is 15.4 Å². The van der Waals surface area contributed by atoms with Gasteiger partial charge >= 0.3 is 0 Å². The number of rotatable bonds is 9. The first-order valence-corrected chi connectivity index (χ1v) is 8.76. The summed E-state index contributed by atoms with van der Waals surface area (Å²) >= 11 is 1.90. The lowest BCUT2D eigenvalue weighted by atomic mass is 10.1. The van der Waals surface area contributed by atoms with E-state index in [1.165, 1.54) is 24.2 Å². The Morgan fingerprint density at radius 1 is 1.14 bits per heavy atom. The number of hydrogen-bond acceptors (Lipinski definition) is 3. The maximum atomic E-state index is 5.16. The first-order valence-electron chi connectivity index (χ1n) is 7.36. The van der Waals surface area contributed by atoms with E-state index in [2.05, 4.69) is 34.0 Å². The second-order valence-corrected chi connectivity index (χ2v) is 5.71. The molecule has 0 unspecified atom stereocenters. The van der Waals surface area contributed by atoms with Crippen molar-refractivity contribution in [3.63, 3.8) is 0 Å². The van der Waals surface area contributed by atoms with Crippen molar-refractivity contribution in [1.82, 2.24) is 10.6 Å². The number of methoxy groups -OCH3 is 1. The van der Waals surface area contributed by atoms with Crippen molar-refractivity contribution in [3.05, 3.63) is 29.8 Å². The molecule has 1 aromatic carbocycles. The van der Waals surface area contributed by atoms with Gasteiger partial charge in [0.15, 0.2) is 5.96 Å². The van der Waals surface area contributed by atoms with E-state index in [1.54, 1.807) is 7.11 Å². The van der Waals surface area contributed by atoms with Gasteiger partial charge in [0.1, 0.15) is 5.75 Å². The third kappa shape index (κ3) is 9.40. The van der Waals surface area contributed by atoms with Gasteiger partial charge in [-0.05, 0) is 49.0 Å². The molecule has 0 aromatic heterocycles. The third-order valence-corrected chi connectivity index (χ3v) is 3.85. The molecule has 0 radical (unpaired) electrons. The van der Waals surface area contributed by atoms with Gasteiger partial charge in [-0.1, -0.05) is 12.1 Å². The highest BCUT2D eigenvalue weighted by Gasteiger charge is 1.98. The van der Waals surface area contributed by atoms with Gasteiger partial charge in [-0.3, -0.25) is 4.99 Å². The van der Waals surface area contributed by atoms with Gasteiger partial charge in [0.2, 0.25) is 0 Å². The summed E-state index contributed by atoms with van der Waals surface area (Å²) in [5.74, 6) is 3.01. The summed E-state index contributed by atoms with van der Waals surface area (Å²) in [4.78, 5) is 4.23. The fourth-order valence-electron chi connectivity index (χ4n) is 1.92. The van der Waals surface area contributed by atoms with Crippen LogP contribution >= 0.6 is 35.7 Å². The molecule has 6 heteroatoms. The number of aliphatic imine (C=N–C) groups is 1. The van der Waals surface area contributed by atoms with Crippen LogP contribution in [0.15, 0.2) is 29.3 Å².